The Labute approximate surface area is 161 Å². The van der Waals surface area contributed by atoms with Gasteiger partial charge in [0, 0.05) is 32.3 Å². The minimum Gasteiger partial charge on any atom is -0.462 e. The van der Waals surface area contributed by atoms with Crippen molar-refractivity contribution >= 4 is 12.0 Å². The van der Waals surface area contributed by atoms with Crippen molar-refractivity contribution in [2.24, 2.45) is 0 Å². The van der Waals surface area contributed by atoms with Crippen molar-refractivity contribution < 1.29 is 13.9 Å². The number of morpholine rings is 1. The van der Waals surface area contributed by atoms with Crippen LogP contribution in [0.25, 0.3) is 6.08 Å². The zero-order valence-corrected chi connectivity index (χ0v) is 16.3. The summed E-state index contributed by atoms with van der Waals surface area (Å²) in [5, 5.41) is 2.96. The smallest absolute Gasteiger partial charge is 0.244 e. The first-order valence-electron chi connectivity index (χ1n) is 9.46. The zero-order chi connectivity index (χ0) is 19.2. The summed E-state index contributed by atoms with van der Waals surface area (Å²) in [5.41, 5.74) is 2.38. The summed E-state index contributed by atoms with van der Waals surface area (Å²) in [7, 11) is 0. The molecule has 144 valence electrons. The number of aryl methyl sites for hydroxylation is 1. The average Bonchev–Trinajstić information content (AvgIpc) is 3.04. The van der Waals surface area contributed by atoms with Gasteiger partial charge in [0.15, 0.2) is 0 Å². The van der Waals surface area contributed by atoms with Gasteiger partial charge < -0.3 is 14.5 Å². The molecule has 1 aliphatic heterocycles. The van der Waals surface area contributed by atoms with Crippen molar-refractivity contribution in [1.82, 2.24) is 10.2 Å². The Hall–Kier alpha value is -2.37. The Bertz CT molecular complexity index is 786. The van der Waals surface area contributed by atoms with Crippen LogP contribution in [0.15, 0.2) is 46.9 Å². The van der Waals surface area contributed by atoms with Gasteiger partial charge in [-0.05, 0) is 50.1 Å². The molecule has 5 nitrogen and oxygen atoms in total. The lowest BCUT2D eigenvalue weighted by atomic mass is 10.1. The number of carbonyl (C=O) groups is 1. The molecule has 1 N–H and O–H groups in total. The fraction of sp³-hybridized carbons (Fsp3) is 0.409. The predicted octanol–water partition coefficient (Wildman–Crippen LogP) is 3.53. The highest BCUT2D eigenvalue weighted by Gasteiger charge is 2.22. The van der Waals surface area contributed by atoms with Crippen LogP contribution in [-0.2, 0) is 22.6 Å². The number of hydrogen-bond acceptors (Lipinski definition) is 4. The van der Waals surface area contributed by atoms with E-state index in [1.54, 1.807) is 6.08 Å². The van der Waals surface area contributed by atoms with Gasteiger partial charge in [-0.1, -0.05) is 24.3 Å². The molecule has 2 atom stereocenters. The van der Waals surface area contributed by atoms with Crippen molar-refractivity contribution in [3.63, 3.8) is 0 Å². The molecule has 1 aromatic carbocycles. The Morgan fingerprint density at radius 2 is 1.85 bits per heavy atom. The van der Waals surface area contributed by atoms with Gasteiger partial charge in [0.25, 0.3) is 0 Å². The number of furan rings is 1. The topological polar surface area (TPSA) is 54.7 Å². The molecular formula is C22H28N2O3. The van der Waals surface area contributed by atoms with E-state index in [2.05, 4.69) is 36.2 Å². The SMILES string of the molecule is Cc1ccc(C=CC(=O)NCc2ccccc2CN2CC(C)OC(C)C2)o1. The maximum absolute atomic E-state index is 12.1. The lowest BCUT2D eigenvalue weighted by Crippen LogP contribution is -2.45. The van der Waals surface area contributed by atoms with Gasteiger partial charge in [-0.2, -0.15) is 0 Å². The molecular weight excluding hydrogens is 340 g/mol. The number of nitrogens with one attached hydrogen (secondary N) is 1. The third kappa shape index (κ3) is 5.81. The summed E-state index contributed by atoms with van der Waals surface area (Å²) in [5.74, 6) is 1.38. The Kier molecular flexibility index (Phi) is 6.48. The van der Waals surface area contributed by atoms with Crippen molar-refractivity contribution in [3.8, 4) is 0 Å². The van der Waals surface area contributed by atoms with Crippen LogP contribution < -0.4 is 5.32 Å². The van der Waals surface area contributed by atoms with E-state index in [9.17, 15) is 4.79 Å². The van der Waals surface area contributed by atoms with Gasteiger partial charge in [-0.3, -0.25) is 9.69 Å². The highest BCUT2D eigenvalue weighted by Crippen LogP contribution is 2.17. The van der Waals surface area contributed by atoms with E-state index >= 15 is 0 Å². The Balaban J connectivity index is 1.57. The summed E-state index contributed by atoms with van der Waals surface area (Å²) in [6, 6.07) is 12.0. The molecule has 0 saturated carbocycles. The zero-order valence-electron chi connectivity index (χ0n) is 16.3. The molecule has 27 heavy (non-hydrogen) atoms. The molecule has 2 heterocycles. The largest absolute Gasteiger partial charge is 0.462 e. The molecule has 2 aromatic rings. The van der Waals surface area contributed by atoms with E-state index in [0.29, 0.717) is 12.3 Å². The van der Waals surface area contributed by atoms with Gasteiger partial charge >= 0.3 is 0 Å². The number of ether oxygens (including phenoxy) is 1. The number of rotatable bonds is 6. The summed E-state index contributed by atoms with van der Waals surface area (Å²) in [4.78, 5) is 14.5. The quantitative estimate of drug-likeness (QED) is 0.793. The third-order valence-electron chi connectivity index (χ3n) is 4.62. The van der Waals surface area contributed by atoms with Gasteiger partial charge in [0.05, 0.1) is 12.2 Å². The van der Waals surface area contributed by atoms with E-state index < -0.39 is 0 Å². The maximum Gasteiger partial charge on any atom is 0.244 e. The molecule has 0 aliphatic carbocycles. The molecule has 1 amide bonds. The molecule has 0 spiro atoms. The monoisotopic (exact) mass is 368 g/mol. The van der Waals surface area contributed by atoms with Crippen molar-refractivity contribution in [2.45, 2.75) is 46.1 Å². The van der Waals surface area contributed by atoms with Crippen LogP contribution >= 0.6 is 0 Å². The minimum absolute atomic E-state index is 0.132. The highest BCUT2D eigenvalue weighted by molar-refractivity contribution is 5.91. The predicted molar refractivity (Wildman–Crippen MR) is 106 cm³/mol. The van der Waals surface area contributed by atoms with Crippen molar-refractivity contribution in [2.75, 3.05) is 13.1 Å². The average molecular weight is 368 g/mol. The number of amides is 1. The van der Waals surface area contributed by atoms with E-state index in [4.69, 9.17) is 9.15 Å². The molecule has 1 saturated heterocycles. The van der Waals surface area contributed by atoms with Crippen LogP contribution in [0.5, 0.6) is 0 Å². The van der Waals surface area contributed by atoms with Crippen LogP contribution in [0.1, 0.15) is 36.5 Å². The van der Waals surface area contributed by atoms with Gasteiger partial charge in [-0.25, -0.2) is 0 Å². The number of benzene rings is 1. The molecule has 1 aliphatic rings. The summed E-state index contributed by atoms with van der Waals surface area (Å²) in [6.07, 6.45) is 3.68. The van der Waals surface area contributed by atoms with E-state index in [1.807, 2.05) is 31.2 Å². The van der Waals surface area contributed by atoms with E-state index in [1.165, 1.54) is 11.6 Å². The lowest BCUT2D eigenvalue weighted by Gasteiger charge is -2.35. The fourth-order valence-electron chi connectivity index (χ4n) is 3.48. The third-order valence-corrected chi connectivity index (χ3v) is 4.62. The minimum atomic E-state index is -0.132. The van der Waals surface area contributed by atoms with Crippen molar-refractivity contribution in [1.29, 1.82) is 0 Å². The molecule has 0 radical (unpaired) electrons. The van der Waals surface area contributed by atoms with Gasteiger partial charge in [0.1, 0.15) is 11.5 Å². The summed E-state index contributed by atoms with van der Waals surface area (Å²) < 4.78 is 11.2. The van der Waals surface area contributed by atoms with Crippen LogP contribution in [0, 0.1) is 6.92 Å². The van der Waals surface area contributed by atoms with Gasteiger partial charge in [-0.15, -0.1) is 0 Å². The van der Waals surface area contributed by atoms with Crippen LogP contribution in [0.2, 0.25) is 0 Å². The summed E-state index contributed by atoms with van der Waals surface area (Å²) >= 11 is 0. The second kappa shape index (κ2) is 9.02. The second-order valence-corrected chi connectivity index (χ2v) is 7.22. The fourth-order valence-corrected chi connectivity index (χ4v) is 3.48. The van der Waals surface area contributed by atoms with Crippen molar-refractivity contribution in [3.05, 3.63) is 65.1 Å². The van der Waals surface area contributed by atoms with Crippen LogP contribution in [0.3, 0.4) is 0 Å². The van der Waals surface area contributed by atoms with Gasteiger partial charge in [0.2, 0.25) is 5.91 Å². The Morgan fingerprint density at radius 1 is 1.15 bits per heavy atom. The first kappa shape index (κ1) is 19.4. The van der Waals surface area contributed by atoms with E-state index in [-0.39, 0.29) is 18.1 Å². The standard InChI is InChI=1S/C22H28N2O3/c1-16-8-9-21(27-16)10-11-22(25)23-12-19-6-4-5-7-20(19)15-24-13-17(2)26-18(3)14-24/h4-11,17-18H,12-15H2,1-3H3,(H,23,25). The van der Waals surface area contributed by atoms with Crippen LogP contribution in [0.4, 0.5) is 0 Å². The maximum atomic E-state index is 12.1. The number of carbonyl (C=O) groups excluding carboxylic acids is 1. The second-order valence-electron chi connectivity index (χ2n) is 7.22. The molecule has 0 bridgehead atoms. The highest BCUT2D eigenvalue weighted by atomic mass is 16.5. The lowest BCUT2D eigenvalue weighted by molar-refractivity contribution is -0.116. The molecule has 3 rings (SSSR count). The first-order valence-corrected chi connectivity index (χ1v) is 9.46. The number of hydrogen-bond donors (Lipinski definition) is 1. The molecule has 1 fully saturated rings. The first-order chi connectivity index (χ1) is 13.0. The molecule has 2 unspecified atom stereocenters. The normalized spacial score (nSPS) is 20.9. The van der Waals surface area contributed by atoms with E-state index in [0.717, 1.165) is 31.0 Å². The molecule has 5 heteroatoms. The van der Waals surface area contributed by atoms with Crippen LogP contribution in [-0.4, -0.2) is 36.1 Å². The molecule has 1 aromatic heterocycles. The number of nitrogens with zero attached hydrogens (tertiary/aromatic N) is 1. The Morgan fingerprint density at radius 3 is 2.52 bits per heavy atom. The summed E-state index contributed by atoms with van der Waals surface area (Å²) in [6.45, 7) is 9.33.